The third kappa shape index (κ3) is 4.62. The number of aliphatic hydroxyl groups is 2. The summed E-state index contributed by atoms with van der Waals surface area (Å²) in [6.07, 6.45) is 10.6. The van der Waals surface area contributed by atoms with Crippen molar-refractivity contribution in [2.45, 2.75) is 103 Å². The second kappa shape index (κ2) is 10.3. The number of anilines is 1. The number of hydrogen-bond acceptors (Lipinski definition) is 6. The van der Waals surface area contributed by atoms with E-state index >= 15 is 0 Å². The molecule has 0 spiro atoms. The quantitative estimate of drug-likeness (QED) is 0.534. The molecule has 5 atom stereocenters. The van der Waals surface area contributed by atoms with E-state index in [4.69, 9.17) is 4.98 Å². The summed E-state index contributed by atoms with van der Waals surface area (Å²) in [5.74, 6) is 0.263. The molecule has 1 saturated heterocycles. The van der Waals surface area contributed by atoms with E-state index in [1.165, 1.54) is 24.2 Å². The van der Waals surface area contributed by atoms with Crippen LogP contribution < -0.4 is 5.32 Å². The molecule has 3 aliphatic carbocycles. The summed E-state index contributed by atoms with van der Waals surface area (Å²) in [5, 5.41) is 25.2. The molecule has 2 heterocycles. The molecule has 3 fully saturated rings. The average Bonchev–Trinajstić information content (AvgIpc) is 3.30. The highest BCUT2D eigenvalue weighted by atomic mass is 32.1. The summed E-state index contributed by atoms with van der Waals surface area (Å²) >= 11 is 1.53. The summed E-state index contributed by atoms with van der Waals surface area (Å²) < 4.78 is 0. The Labute approximate surface area is 219 Å². The minimum absolute atomic E-state index is 0.0350. The van der Waals surface area contributed by atoms with Gasteiger partial charge >= 0.3 is 0 Å². The largest absolute Gasteiger partial charge is 0.396 e. The molecule has 1 aromatic heterocycles. The van der Waals surface area contributed by atoms with E-state index in [1.54, 1.807) is 0 Å². The van der Waals surface area contributed by atoms with E-state index < -0.39 is 11.5 Å². The third-order valence-corrected chi connectivity index (χ3v) is 11.2. The second-order valence-corrected chi connectivity index (χ2v) is 13.4. The van der Waals surface area contributed by atoms with Crippen LogP contribution in [0.25, 0.3) is 0 Å². The maximum absolute atomic E-state index is 13.5. The Bertz CT molecular complexity index is 970. The zero-order valence-corrected chi connectivity index (χ0v) is 22.7. The van der Waals surface area contributed by atoms with Crippen LogP contribution >= 0.6 is 11.3 Å². The fraction of sp³-hybridized carbons (Fsp3) is 0.821. The molecule has 3 N–H and O–H groups in total. The van der Waals surface area contributed by atoms with Crippen molar-refractivity contribution in [2.75, 3.05) is 25.0 Å². The number of hydrogen-bond donors (Lipinski definition) is 3. The Morgan fingerprint density at radius 1 is 1.08 bits per heavy atom. The van der Waals surface area contributed by atoms with Crippen LogP contribution in [0.2, 0.25) is 0 Å². The van der Waals surface area contributed by atoms with E-state index in [9.17, 15) is 19.8 Å². The van der Waals surface area contributed by atoms with Crippen LogP contribution in [-0.2, 0) is 16.0 Å². The van der Waals surface area contributed by atoms with Crippen LogP contribution in [0.4, 0.5) is 5.13 Å². The molecule has 2 saturated carbocycles. The van der Waals surface area contributed by atoms with E-state index in [1.807, 2.05) is 11.8 Å². The van der Waals surface area contributed by atoms with Gasteiger partial charge in [0.1, 0.15) is 0 Å². The summed E-state index contributed by atoms with van der Waals surface area (Å²) in [4.78, 5) is 34.6. The van der Waals surface area contributed by atoms with Crippen molar-refractivity contribution in [2.24, 2.45) is 22.7 Å². The number of piperidine rings is 1. The van der Waals surface area contributed by atoms with Crippen LogP contribution in [0, 0.1) is 22.7 Å². The topological polar surface area (TPSA) is 103 Å². The van der Waals surface area contributed by atoms with Crippen molar-refractivity contribution in [1.29, 1.82) is 0 Å². The second-order valence-electron chi connectivity index (χ2n) is 12.3. The number of carbonyl (C=O) groups is 2. The van der Waals surface area contributed by atoms with Crippen LogP contribution in [0.5, 0.6) is 0 Å². The summed E-state index contributed by atoms with van der Waals surface area (Å²) in [5.41, 5.74) is 0.0697. The lowest BCUT2D eigenvalue weighted by molar-refractivity contribution is -0.147. The summed E-state index contributed by atoms with van der Waals surface area (Å²) in [6.45, 7) is 5.81. The van der Waals surface area contributed by atoms with Gasteiger partial charge in [0.2, 0.25) is 11.8 Å². The molecule has 200 valence electrons. The number of fused-ring (bicyclic) bond motifs is 2. The molecule has 36 heavy (non-hydrogen) atoms. The van der Waals surface area contributed by atoms with Gasteiger partial charge in [-0.05, 0) is 62.7 Å². The summed E-state index contributed by atoms with van der Waals surface area (Å²) in [6, 6.07) is 0. The van der Waals surface area contributed by atoms with Crippen LogP contribution in [0.3, 0.4) is 0 Å². The number of nitrogens with zero attached hydrogens (tertiary/aromatic N) is 2. The maximum atomic E-state index is 13.5. The highest BCUT2D eigenvalue weighted by Gasteiger charge is 2.59. The lowest BCUT2D eigenvalue weighted by Crippen LogP contribution is -2.57. The van der Waals surface area contributed by atoms with Crippen LogP contribution in [0.15, 0.2) is 0 Å². The van der Waals surface area contributed by atoms with Gasteiger partial charge in [0.05, 0.1) is 18.4 Å². The summed E-state index contributed by atoms with van der Waals surface area (Å²) in [7, 11) is 0. The first kappa shape index (κ1) is 26.1. The van der Waals surface area contributed by atoms with Gasteiger partial charge in [0, 0.05) is 41.6 Å². The lowest BCUT2D eigenvalue weighted by atomic mass is 9.47. The van der Waals surface area contributed by atoms with Gasteiger partial charge in [-0.2, -0.15) is 0 Å². The molecular formula is C28H43N3O4S. The number of thiazole rings is 1. The van der Waals surface area contributed by atoms with E-state index in [-0.39, 0.29) is 41.6 Å². The van der Waals surface area contributed by atoms with E-state index in [2.05, 4.69) is 12.2 Å². The molecule has 7 nitrogen and oxygen atoms in total. The van der Waals surface area contributed by atoms with E-state index in [0.29, 0.717) is 24.4 Å². The Kier molecular flexibility index (Phi) is 7.50. The number of aliphatic hydroxyl groups excluding tert-OH is 2. The Morgan fingerprint density at radius 2 is 1.78 bits per heavy atom. The van der Waals surface area contributed by atoms with Crippen LogP contribution in [-0.4, -0.2) is 57.7 Å². The van der Waals surface area contributed by atoms with Gasteiger partial charge in [-0.3, -0.25) is 9.59 Å². The predicted octanol–water partition coefficient (Wildman–Crippen LogP) is 4.48. The van der Waals surface area contributed by atoms with Crippen molar-refractivity contribution in [1.82, 2.24) is 9.88 Å². The first-order valence-electron chi connectivity index (χ1n) is 14.1. The number of carbonyl (C=O) groups excluding carboxylic acids is 2. The van der Waals surface area contributed by atoms with Crippen LogP contribution in [0.1, 0.15) is 101 Å². The average molecular weight is 518 g/mol. The molecule has 5 unspecified atom stereocenters. The van der Waals surface area contributed by atoms with Gasteiger partial charge in [-0.25, -0.2) is 4.98 Å². The predicted molar refractivity (Wildman–Crippen MR) is 141 cm³/mol. The molecule has 1 aromatic rings. The first-order chi connectivity index (χ1) is 17.3. The number of nitrogens with one attached hydrogen (secondary N) is 1. The zero-order valence-electron chi connectivity index (χ0n) is 21.9. The maximum Gasteiger partial charge on any atom is 0.229 e. The standard InChI is InChI=1S/C28H43N3O4S/c1-27-12-11-22(33)28(2,17-32)21(27)16-20-24(19(27)15-23(34)31-13-7-4-8-14-31)29-26(36-20)30-25(35)18-9-5-3-6-10-18/h18-19,21-22,32-33H,3-17H2,1-2H3,(H,29,30,35). The lowest BCUT2D eigenvalue weighted by Gasteiger charge is -2.58. The number of likely N-dealkylation sites (tertiary alicyclic amines) is 1. The molecule has 4 aliphatic rings. The number of amides is 2. The molecule has 0 radical (unpaired) electrons. The first-order valence-corrected chi connectivity index (χ1v) is 14.9. The number of aromatic nitrogens is 1. The van der Waals surface area contributed by atoms with Crippen molar-refractivity contribution >= 4 is 28.3 Å². The molecule has 5 rings (SSSR count). The van der Waals surface area contributed by atoms with Crippen molar-refractivity contribution in [3.63, 3.8) is 0 Å². The minimum Gasteiger partial charge on any atom is -0.396 e. The van der Waals surface area contributed by atoms with Gasteiger partial charge < -0.3 is 20.4 Å². The molecule has 0 bridgehead atoms. The van der Waals surface area contributed by atoms with Crippen molar-refractivity contribution in [3.8, 4) is 0 Å². The van der Waals surface area contributed by atoms with Crippen molar-refractivity contribution in [3.05, 3.63) is 10.6 Å². The highest BCUT2D eigenvalue weighted by Crippen LogP contribution is 2.63. The molecule has 8 heteroatoms. The SMILES string of the molecule is CC1(CO)C(O)CCC2(C)C(CC(=O)N3CCCCC3)c3nc(NC(=O)C4CCCCC4)sc3CC12. The third-order valence-electron chi connectivity index (χ3n) is 10.2. The number of rotatable bonds is 5. The zero-order chi connectivity index (χ0) is 25.5. The van der Waals surface area contributed by atoms with Gasteiger partial charge in [0.15, 0.2) is 5.13 Å². The van der Waals surface area contributed by atoms with Crippen molar-refractivity contribution < 1.29 is 19.8 Å². The van der Waals surface area contributed by atoms with Gasteiger partial charge in [-0.1, -0.05) is 33.1 Å². The Balaban J connectivity index is 1.46. The molecule has 2 amide bonds. The monoisotopic (exact) mass is 517 g/mol. The van der Waals surface area contributed by atoms with Gasteiger partial charge in [-0.15, -0.1) is 11.3 Å². The molecule has 1 aliphatic heterocycles. The van der Waals surface area contributed by atoms with Gasteiger partial charge in [0.25, 0.3) is 0 Å². The minimum atomic E-state index is -0.632. The molecular weight excluding hydrogens is 474 g/mol. The van der Waals surface area contributed by atoms with E-state index in [0.717, 1.165) is 68.6 Å². The smallest absolute Gasteiger partial charge is 0.229 e. The fourth-order valence-electron chi connectivity index (χ4n) is 7.72. The Morgan fingerprint density at radius 3 is 2.47 bits per heavy atom. The molecule has 0 aromatic carbocycles. The highest BCUT2D eigenvalue weighted by molar-refractivity contribution is 7.15. The fourth-order valence-corrected chi connectivity index (χ4v) is 8.79. The normalized spacial score (nSPS) is 35.1. The Hall–Kier alpha value is -1.51.